The van der Waals surface area contributed by atoms with Gasteiger partial charge in [-0.15, -0.1) is 0 Å². The number of hydrogen-bond acceptors (Lipinski definition) is 6. The number of rotatable bonds is 5. The van der Waals surface area contributed by atoms with Gasteiger partial charge in [-0.1, -0.05) is 6.07 Å². The van der Waals surface area contributed by atoms with Crippen LogP contribution in [0.5, 0.6) is 11.5 Å². The van der Waals surface area contributed by atoms with Crippen LogP contribution in [0.3, 0.4) is 0 Å². The van der Waals surface area contributed by atoms with Crippen LogP contribution in [0.25, 0.3) is 0 Å². The molecule has 2 aromatic carbocycles. The first-order chi connectivity index (χ1) is 12.3. The molecular weight excluding hydrogens is 358 g/mol. The van der Waals surface area contributed by atoms with Crippen LogP contribution in [-0.4, -0.2) is 33.6 Å². The van der Waals surface area contributed by atoms with Crippen LogP contribution < -0.4 is 25.2 Å². The van der Waals surface area contributed by atoms with Gasteiger partial charge < -0.3 is 20.1 Å². The molecule has 1 aliphatic rings. The summed E-state index contributed by atoms with van der Waals surface area (Å²) in [6, 6.07) is 10.5. The molecule has 2 aromatic rings. The van der Waals surface area contributed by atoms with Crippen LogP contribution in [0.4, 0.5) is 11.4 Å². The Morgan fingerprint density at radius 3 is 2.50 bits per heavy atom. The summed E-state index contributed by atoms with van der Waals surface area (Å²) in [6.07, 6.45) is 0. The number of anilines is 2. The Hall–Kier alpha value is -2.78. The second-order valence-electron chi connectivity index (χ2n) is 5.75. The lowest BCUT2D eigenvalue weighted by Gasteiger charge is -2.23. The van der Waals surface area contributed by atoms with E-state index in [2.05, 4.69) is 10.6 Å². The van der Waals surface area contributed by atoms with Crippen LogP contribution >= 0.6 is 0 Å². The van der Waals surface area contributed by atoms with E-state index in [1.165, 1.54) is 24.3 Å². The highest BCUT2D eigenvalue weighted by Gasteiger charge is 2.19. The number of para-hydroxylation sites is 1. The molecule has 0 bridgehead atoms. The maximum absolute atomic E-state index is 12.4. The number of sulfonamides is 1. The summed E-state index contributed by atoms with van der Waals surface area (Å²) in [5.41, 5.74) is 1.13. The Balaban J connectivity index is 1.67. The van der Waals surface area contributed by atoms with E-state index < -0.39 is 16.1 Å². The quantitative estimate of drug-likeness (QED) is 0.727. The molecule has 1 atom stereocenters. The highest BCUT2D eigenvalue weighted by molar-refractivity contribution is 7.89. The number of nitrogens with one attached hydrogen (secondary N) is 2. The van der Waals surface area contributed by atoms with Crippen molar-refractivity contribution in [3.63, 3.8) is 0 Å². The van der Waals surface area contributed by atoms with Crippen LogP contribution in [0, 0.1) is 0 Å². The van der Waals surface area contributed by atoms with Crippen molar-refractivity contribution in [3.8, 4) is 11.5 Å². The van der Waals surface area contributed by atoms with Gasteiger partial charge in [-0.05, 0) is 43.3 Å². The summed E-state index contributed by atoms with van der Waals surface area (Å²) in [5.74, 6) is 0.922. The average Bonchev–Trinajstić information content (AvgIpc) is 2.61. The van der Waals surface area contributed by atoms with Crippen molar-refractivity contribution >= 4 is 27.3 Å². The lowest BCUT2D eigenvalue weighted by molar-refractivity contribution is -0.116. The van der Waals surface area contributed by atoms with Gasteiger partial charge in [-0.2, -0.15) is 0 Å². The van der Waals surface area contributed by atoms with E-state index in [4.69, 9.17) is 14.6 Å². The molecule has 0 unspecified atom stereocenters. The molecule has 3 rings (SSSR count). The Bertz CT molecular complexity index is 912. The normalized spacial score (nSPS) is 14.4. The minimum atomic E-state index is -3.76. The Morgan fingerprint density at radius 2 is 1.81 bits per heavy atom. The highest BCUT2D eigenvalue weighted by atomic mass is 32.2. The molecule has 0 aromatic heterocycles. The molecule has 0 radical (unpaired) electrons. The van der Waals surface area contributed by atoms with Gasteiger partial charge >= 0.3 is 0 Å². The SMILES string of the molecule is C[C@H](Nc1cccc2c1OCCO2)C(=O)Nc1ccc(S(N)(=O)=O)cc1. The van der Waals surface area contributed by atoms with Crippen LogP contribution in [0.1, 0.15) is 6.92 Å². The zero-order valence-corrected chi connectivity index (χ0v) is 14.9. The van der Waals surface area contributed by atoms with Gasteiger partial charge in [0.1, 0.15) is 19.3 Å². The number of benzene rings is 2. The highest BCUT2D eigenvalue weighted by Crippen LogP contribution is 2.37. The maximum Gasteiger partial charge on any atom is 0.246 e. The number of ether oxygens (including phenoxy) is 2. The van der Waals surface area contributed by atoms with Crippen molar-refractivity contribution in [1.29, 1.82) is 0 Å². The Labute approximate surface area is 151 Å². The van der Waals surface area contributed by atoms with Crippen LogP contribution in [-0.2, 0) is 14.8 Å². The number of carbonyl (C=O) groups is 1. The van der Waals surface area contributed by atoms with Crippen LogP contribution in [0.2, 0.25) is 0 Å². The fourth-order valence-corrected chi connectivity index (χ4v) is 2.98. The van der Waals surface area contributed by atoms with E-state index >= 15 is 0 Å². The monoisotopic (exact) mass is 377 g/mol. The van der Waals surface area contributed by atoms with E-state index in [-0.39, 0.29) is 10.8 Å². The first-order valence-electron chi connectivity index (χ1n) is 7.93. The number of hydrogen-bond donors (Lipinski definition) is 3. The van der Waals surface area contributed by atoms with Crippen molar-refractivity contribution in [2.24, 2.45) is 5.14 Å². The minimum absolute atomic E-state index is 0.0188. The second-order valence-corrected chi connectivity index (χ2v) is 7.32. The van der Waals surface area contributed by atoms with E-state index in [1.807, 2.05) is 6.07 Å². The predicted octanol–water partition coefficient (Wildman–Crippen LogP) is 1.54. The molecule has 0 saturated heterocycles. The van der Waals surface area contributed by atoms with E-state index in [0.29, 0.717) is 36.1 Å². The molecule has 26 heavy (non-hydrogen) atoms. The fraction of sp³-hybridized carbons (Fsp3) is 0.235. The lowest BCUT2D eigenvalue weighted by Crippen LogP contribution is -2.32. The van der Waals surface area contributed by atoms with Gasteiger partial charge in [0, 0.05) is 5.69 Å². The molecular formula is C17H19N3O5S. The van der Waals surface area contributed by atoms with Crippen molar-refractivity contribution in [1.82, 2.24) is 0 Å². The summed E-state index contributed by atoms with van der Waals surface area (Å²) in [6.45, 7) is 2.64. The number of nitrogens with two attached hydrogens (primary N) is 1. The molecule has 0 aliphatic carbocycles. The number of fused-ring (bicyclic) bond motifs is 1. The summed E-state index contributed by atoms with van der Waals surface area (Å²) >= 11 is 0. The fourth-order valence-electron chi connectivity index (χ4n) is 2.46. The average molecular weight is 377 g/mol. The van der Waals surface area contributed by atoms with E-state index in [9.17, 15) is 13.2 Å². The second kappa shape index (κ2) is 7.22. The van der Waals surface area contributed by atoms with Gasteiger partial charge in [0.2, 0.25) is 15.9 Å². The number of carbonyl (C=O) groups excluding carboxylic acids is 1. The molecule has 1 amide bonds. The van der Waals surface area contributed by atoms with Gasteiger partial charge in [-0.3, -0.25) is 4.79 Å². The van der Waals surface area contributed by atoms with Gasteiger partial charge in [0.15, 0.2) is 11.5 Å². The molecule has 9 heteroatoms. The predicted molar refractivity (Wildman–Crippen MR) is 97.0 cm³/mol. The molecule has 1 heterocycles. The Kier molecular flexibility index (Phi) is 5.01. The zero-order valence-electron chi connectivity index (χ0n) is 14.1. The number of primary sulfonamides is 1. The third kappa shape index (κ3) is 4.06. The molecule has 0 fully saturated rings. The molecule has 138 valence electrons. The summed E-state index contributed by atoms with van der Waals surface area (Å²) in [4.78, 5) is 12.4. The van der Waals surface area contributed by atoms with Crippen molar-refractivity contribution < 1.29 is 22.7 Å². The maximum atomic E-state index is 12.4. The van der Waals surface area contributed by atoms with E-state index in [0.717, 1.165) is 0 Å². The lowest BCUT2D eigenvalue weighted by atomic mass is 10.2. The molecule has 4 N–H and O–H groups in total. The smallest absolute Gasteiger partial charge is 0.246 e. The Morgan fingerprint density at radius 1 is 1.12 bits per heavy atom. The van der Waals surface area contributed by atoms with Gasteiger partial charge in [0.25, 0.3) is 0 Å². The zero-order chi connectivity index (χ0) is 18.7. The third-order valence-electron chi connectivity index (χ3n) is 3.78. The first-order valence-corrected chi connectivity index (χ1v) is 9.48. The summed E-state index contributed by atoms with van der Waals surface area (Å²) in [7, 11) is -3.76. The topological polar surface area (TPSA) is 120 Å². The summed E-state index contributed by atoms with van der Waals surface area (Å²) in [5, 5.41) is 10.9. The first kappa shape index (κ1) is 18.0. The molecule has 8 nitrogen and oxygen atoms in total. The van der Waals surface area contributed by atoms with Crippen LogP contribution in [0.15, 0.2) is 47.4 Å². The third-order valence-corrected chi connectivity index (χ3v) is 4.71. The van der Waals surface area contributed by atoms with Gasteiger partial charge in [-0.25, -0.2) is 13.6 Å². The summed E-state index contributed by atoms with van der Waals surface area (Å²) < 4.78 is 33.6. The minimum Gasteiger partial charge on any atom is -0.486 e. The molecule has 0 spiro atoms. The largest absolute Gasteiger partial charge is 0.486 e. The van der Waals surface area contributed by atoms with Crippen molar-refractivity contribution in [2.45, 2.75) is 17.9 Å². The standard InChI is InChI=1S/C17H19N3O5S/c1-11(19-14-3-2-4-15-16(14)25-10-9-24-15)17(21)20-12-5-7-13(8-6-12)26(18,22)23/h2-8,11,19H,9-10H2,1H3,(H,20,21)(H2,18,22,23)/t11-/m0/s1. The number of amides is 1. The van der Waals surface area contributed by atoms with Gasteiger partial charge in [0.05, 0.1) is 10.6 Å². The van der Waals surface area contributed by atoms with E-state index in [1.54, 1.807) is 19.1 Å². The molecule has 0 saturated carbocycles. The van der Waals surface area contributed by atoms with Crippen molar-refractivity contribution in [3.05, 3.63) is 42.5 Å². The molecule has 1 aliphatic heterocycles. The van der Waals surface area contributed by atoms with Crippen molar-refractivity contribution in [2.75, 3.05) is 23.8 Å².